The SMILES string of the molecule is CC(C)(C)[Si](OC[C@H]1O[C@H](OC(=O)Cc2ccccc2)[C@H](O)[C@@H](O)[C@H]1O)(c1ccccc1)c1ccccc1. The van der Waals surface area contributed by atoms with Crippen molar-refractivity contribution in [3.05, 3.63) is 96.6 Å². The molecule has 1 heterocycles. The first-order valence-corrected chi connectivity index (χ1v) is 14.7. The summed E-state index contributed by atoms with van der Waals surface area (Å²) in [6.45, 7) is 6.31. The van der Waals surface area contributed by atoms with E-state index in [0.29, 0.717) is 0 Å². The fourth-order valence-electron chi connectivity index (χ4n) is 5.05. The van der Waals surface area contributed by atoms with Crippen LogP contribution in [0.3, 0.4) is 0 Å². The fourth-order valence-corrected chi connectivity index (χ4v) is 9.62. The lowest BCUT2D eigenvalue weighted by Crippen LogP contribution is -2.68. The van der Waals surface area contributed by atoms with E-state index in [2.05, 4.69) is 45.0 Å². The molecule has 0 spiro atoms. The molecule has 202 valence electrons. The molecule has 0 radical (unpaired) electrons. The zero-order chi connectivity index (χ0) is 27.3. The second kappa shape index (κ2) is 11.9. The predicted molar refractivity (Wildman–Crippen MR) is 146 cm³/mol. The van der Waals surface area contributed by atoms with Gasteiger partial charge in [-0.2, -0.15) is 0 Å². The van der Waals surface area contributed by atoms with E-state index in [1.165, 1.54) is 0 Å². The third kappa shape index (κ3) is 5.91. The van der Waals surface area contributed by atoms with Gasteiger partial charge in [-0.15, -0.1) is 0 Å². The van der Waals surface area contributed by atoms with Gasteiger partial charge in [0.25, 0.3) is 8.32 Å². The number of ether oxygens (including phenoxy) is 2. The van der Waals surface area contributed by atoms with E-state index >= 15 is 0 Å². The highest BCUT2D eigenvalue weighted by Gasteiger charge is 2.52. The highest BCUT2D eigenvalue weighted by Crippen LogP contribution is 2.37. The Bertz CT molecular complexity index is 1130. The molecule has 0 aromatic heterocycles. The molecule has 0 bridgehead atoms. The van der Waals surface area contributed by atoms with Gasteiger partial charge in [-0.3, -0.25) is 4.79 Å². The first-order valence-electron chi connectivity index (χ1n) is 12.8. The van der Waals surface area contributed by atoms with Crippen LogP contribution in [0.25, 0.3) is 0 Å². The van der Waals surface area contributed by atoms with Gasteiger partial charge in [0.1, 0.15) is 24.4 Å². The van der Waals surface area contributed by atoms with Crippen molar-refractivity contribution < 1.29 is 34.0 Å². The standard InChI is InChI=1S/C30H36O7Si/c1-30(2,3)38(22-15-9-5-10-16-22,23-17-11-6-12-18-23)35-20-24-26(32)27(33)28(34)29(36-24)37-25(31)19-21-13-7-4-8-14-21/h4-18,24,26-29,32-34H,19-20H2,1-3H3/t24-,26+,27+,28-,29-/m1/s1. The van der Waals surface area contributed by atoms with Gasteiger partial charge >= 0.3 is 5.97 Å². The van der Waals surface area contributed by atoms with E-state index in [1.807, 2.05) is 54.6 Å². The van der Waals surface area contributed by atoms with Crippen molar-refractivity contribution in [1.82, 2.24) is 0 Å². The number of aliphatic hydroxyl groups is 3. The summed E-state index contributed by atoms with van der Waals surface area (Å²) in [7, 11) is -2.95. The monoisotopic (exact) mass is 536 g/mol. The quantitative estimate of drug-likeness (QED) is 0.299. The second-order valence-electron chi connectivity index (χ2n) is 10.6. The lowest BCUT2D eigenvalue weighted by Gasteiger charge is -2.45. The Balaban J connectivity index is 1.58. The number of hydrogen-bond donors (Lipinski definition) is 3. The van der Waals surface area contributed by atoms with Crippen molar-refractivity contribution in [3.8, 4) is 0 Å². The van der Waals surface area contributed by atoms with Crippen LogP contribution in [0.15, 0.2) is 91.0 Å². The van der Waals surface area contributed by atoms with Gasteiger partial charge in [0.05, 0.1) is 13.0 Å². The molecule has 0 amide bonds. The topological polar surface area (TPSA) is 105 Å². The van der Waals surface area contributed by atoms with Crippen molar-refractivity contribution >= 4 is 24.7 Å². The summed E-state index contributed by atoms with van der Waals surface area (Å²) in [4.78, 5) is 12.6. The maximum atomic E-state index is 12.6. The summed E-state index contributed by atoms with van der Waals surface area (Å²) in [5, 5.41) is 33.7. The van der Waals surface area contributed by atoms with Crippen LogP contribution in [-0.2, 0) is 25.1 Å². The number of benzene rings is 3. The van der Waals surface area contributed by atoms with Crippen LogP contribution in [-0.4, -0.2) is 66.9 Å². The van der Waals surface area contributed by atoms with Gasteiger partial charge in [0.15, 0.2) is 0 Å². The summed E-state index contributed by atoms with van der Waals surface area (Å²) < 4.78 is 18.1. The largest absolute Gasteiger partial charge is 0.432 e. The lowest BCUT2D eigenvalue weighted by molar-refractivity contribution is -0.291. The molecule has 8 heteroatoms. The summed E-state index contributed by atoms with van der Waals surface area (Å²) in [6.07, 6.45) is -7.12. The molecular formula is C30H36O7Si. The molecule has 3 aromatic carbocycles. The first kappa shape index (κ1) is 28.2. The van der Waals surface area contributed by atoms with Gasteiger partial charge < -0.3 is 29.2 Å². The first-order chi connectivity index (χ1) is 18.1. The molecule has 0 unspecified atom stereocenters. The molecule has 1 aliphatic rings. The minimum Gasteiger partial charge on any atom is -0.432 e. The van der Waals surface area contributed by atoms with Gasteiger partial charge in [-0.1, -0.05) is 112 Å². The van der Waals surface area contributed by atoms with Crippen LogP contribution in [0.1, 0.15) is 26.3 Å². The Morgan fingerprint density at radius 3 is 1.79 bits per heavy atom. The summed E-state index contributed by atoms with van der Waals surface area (Å²) in [5.74, 6) is -0.615. The Hall–Kier alpha value is -2.85. The Labute approximate surface area is 224 Å². The highest BCUT2D eigenvalue weighted by molar-refractivity contribution is 6.99. The summed E-state index contributed by atoms with van der Waals surface area (Å²) >= 11 is 0. The lowest BCUT2D eigenvalue weighted by atomic mass is 9.99. The van der Waals surface area contributed by atoms with E-state index in [9.17, 15) is 20.1 Å². The molecule has 1 saturated heterocycles. The molecule has 1 fully saturated rings. The van der Waals surface area contributed by atoms with E-state index in [0.717, 1.165) is 15.9 Å². The van der Waals surface area contributed by atoms with Crippen molar-refractivity contribution in [2.45, 2.75) is 62.9 Å². The van der Waals surface area contributed by atoms with Gasteiger partial charge in [0, 0.05) is 0 Å². The van der Waals surface area contributed by atoms with E-state index in [4.69, 9.17) is 13.9 Å². The summed E-state index contributed by atoms with van der Waals surface area (Å²) in [6, 6.07) is 29.1. The average molecular weight is 537 g/mol. The molecule has 1 aliphatic heterocycles. The van der Waals surface area contributed by atoms with Gasteiger partial charge in [-0.05, 0) is 21.0 Å². The maximum absolute atomic E-state index is 12.6. The van der Waals surface area contributed by atoms with Crippen LogP contribution in [0, 0.1) is 0 Å². The van der Waals surface area contributed by atoms with Crippen molar-refractivity contribution in [2.75, 3.05) is 6.61 Å². The number of carbonyl (C=O) groups is 1. The zero-order valence-corrected chi connectivity index (χ0v) is 22.9. The molecule has 4 rings (SSSR count). The molecule has 5 atom stereocenters. The van der Waals surface area contributed by atoms with E-state index in [1.54, 1.807) is 12.1 Å². The van der Waals surface area contributed by atoms with Crippen molar-refractivity contribution in [3.63, 3.8) is 0 Å². The van der Waals surface area contributed by atoms with Gasteiger partial charge in [-0.25, -0.2) is 0 Å². The fraction of sp³-hybridized carbons (Fsp3) is 0.367. The number of rotatable bonds is 8. The van der Waals surface area contributed by atoms with E-state index in [-0.39, 0.29) is 18.1 Å². The minimum atomic E-state index is -2.95. The molecule has 7 nitrogen and oxygen atoms in total. The molecule has 3 N–H and O–H groups in total. The third-order valence-electron chi connectivity index (χ3n) is 6.99. The number of esters is 1. The smallest absolute Gasteiger partial charge is 0.312 e. The molecule has 0 saturated carbocycles. The number of carbonyl (C=O) groups excluding carboxylic acids is 1. The molecule has 38 heavy (non-hydrogen) atoms. The number of hydrogen-bond acceptors (Lipinski definition) is 7. The van der Waals surface area contributed by atoms with Crippen LogP contribution < -0.4 is 10.4 Å². The Kier molecular flexibility index (Phi) is 8.82. The van der Waals surface area contributed by atoms with Crippen molar-refractivity contribution in [1.29, 1.82) is 0 Å². The van der Waals surface area contributed by atoms with Crippen LogP contribution >= 0.6 is 0 Å². The zero-order valence-electron chi connectivity index (χ0n) is 21.9. The molecule has 0 aliphatic carbocycles. The Morgan fingerprint density at radius 1 is 0.789 bits per heavy atom. The van der Waals surface area contributed by atoms with Crippen molar-refractivity contribution in [2.24, 2.45) is 0 Å². The summed E-state index contributed by atoms with van der Waals surface area (Å²) in [5.41, 5.74) is 0.745. The molecule has 3 aromatic rings. The number of aliphatic hydroxyl groups excluding tert-OH is 3. The highest BCUT2D eigenvalue weighted by atomic mass is 28.4. The van der Waals surface area contributed by atoms with Crippen LogP contribution in [0.2, 0.25) is 5.04 Å². The van der Waals surface area contributed by atoms with Crippen LogP contribution in [0.5, 0.6) is 0 Å². The Morgan fingerprint density at radius 2 is 1.29 bits per heavy atom. The third-order valence-corrected chi connectivity index (χ3v) is 12.0. The average Bonchev–Trinajstić information content (AvgIpc) is 2.91. The normalized spacial score (nSPS) is 24.1. The van der Waals surface area contributed by atoms with Gasteiger partial charge in [0.2, 0.25) is 6.29 Å². The minimum absolute atomic E-state index is 0.0186. The predicted octanol–water partition coefficient (Wildman–Crippen LogP) is 2.16. The van der Waals surface area contributed by atoms with Crippen LogP contribution in [0.4, 0.5) is 0 Å². The second-order valence-corrected chi connectivity index (χ2v) is 14.9. The molecular weight excluding hydrogens is 500 g/mol. The van der Waals surface area contributed by atoms with E-state index < -0.39 is 45.0 Å². The maximum Gasteiger partial charge on any atom is 0.312 e.